The lowest BCUT2D eigenvalue weighted by Gasteiger charge is -2.13. The Morgan fingerprint density at radius 1 is 0.396 bits per heavy atom. The molecule has 0 saturated carbocycles. The Labute approximate surface area is 304 Å². The molecule has 11 aromatic rings. The van der Waals surface area contributed by atoms with Crippen molar-refractivity contribution < 1.29 is 4.42 Å². The lowest BCUT2D eigenvalue weighted by atomic mass is 9.98. The highest BCUT2D eigenvalue weighted by atomic mass is 16.4. The fourth-order valence-electron chi connectivity index (χ4n) is 8.88. The fraction of sp³-hybridized carbons (Fsp3) is 0. The van der Waals surface area contributed by atoms with Crippen LogP contribution in [0.4, 0.5) is 0 Å². The summed E-state index contributed by atoms with van der Waals surface area (Å²) in [5, 5.41) is 7.34. The molecule has 0 unspecified atom stereocenters. The van der Waals surface area contributed by atoms with Gasteiger partial charge in [0.15, 0.2) is 5.76 Å². The molecule has 0 saturated heterocycles. The molecular weight excluding hydrogens is 647 g/mol. The Balaban J connectivity index is 1.09. The lowest BCUT2D eigenvalue weighted by molar-refractivity contribution is 0.590. The highest BCUT2D eigenvalue weighted by Gasteiger charge is 2.30. The van der Waals surface area contributed by atoms with Crippen LogP contribution in [-0.4, -0.2) is 14.1 Å². The van der Waals surface area contributed by atoms with Gasteiger partial charge in [-0.3, -0.25) is 0 Å². The van der Waals surface area contributed by atoms with E-state index >= 15 is 0 Å². The van der Waals surface area contributed by atoms with Crippen LogP contribution in [0.1, 0.15) is 0 Å². The zero-order valence-corrected chi connectivity index (χ0v) is 28.5. The molecule has 3 aromatic heterocycles. The Kier molecular flexibility index (Phi) is 5.74. The van der Waals surface area contributed by atoms with E-state index < -0.39 is 0 Å². The summed E-state index contributed by atoms with van der Waals surface area (Å²) in [4.78, 5) is 5.02. The Morgan fingerprint density at radius 3 is 1.91 bits per heavy atom. The van der Waals surface area contributed by atoms with Crippen molar-refractivity contribution in [1.29, 1.82) is 0 Å². The topological polar surface area (TPSA) is 35.9 Å². The summed E-state index contributed by atoms with van der Waals surface area (Å²) in [6.45, 7) is 0. The summed E-state index contributed by atoms with van der Waals surface area (Å²) in [5.74, 6) is 1.49. The smallest absolute Gasteiger partial charge is 0.227 e. The normalized spacial score (nSPS) is 12.2. The molecule has 4 heteroatoms. The molecule has 0 N–H and O–H groups in total. The molecule has 8 aromatic carbocycles. The van der Waals surface area contributed by atoms with E-state index in [1.54, 1.807) is 0 Å². The third-order valence-electron chi connectivity index (χ3n) is 11.1. The van der Waals surface area contributed by atoms with Gasteiger partial charge in [0, 0.05) is 54.7 Å². The molecule has 1 aliphatic carbocycles. The second-order valence-electron chi connectivity index (χ2n) is 13.9. The van der Waals surface area contributed by atoms with Crippen LogP contribution in [0.2, 0.25) is 0 Å². The van der Waals surface area contributed by atoms with Crippen molar-refractivity contribution in [3.05, 3.63) is 176 Å². The van der Waals surface area contributed by atoms with Crippen molar-refractivity contribution in [2.75, 3.05) is 0 Å². The first kappa shape index (κ1) is 28.5. The predicted octanol–water partition coefficient (Wildman–Crippen LogP) is 13.0. The van der Waals surface area contributed by atoms with Crippen molar-refractivity contribution in [2.24, 2.45) is 0 Å². The van der Waals surface area contributed by atoms with Crippen molar-refractivity contribution >= 4 is 54.4 Å². The van der Waals surface area contributed by atoms with Crippen LogP contribution in [0.3, 0.4) is 0 Å². The molecule has 53 heavy (non-hydrogen) atoms. The minimum atomic E-state index is 0.652. The predicted molar refractivity (Wildman–Crippen MR) is 218 cm³/mol. The van der Waals surface area contributed by atoms with Gasteiger partial charge in [-0.05, 0) is 71.8 Å². The number of fused-ring (bicyclic) bond motifs is 9. The molecular formula is C49H29N3O. The van der Waals surface area contributed by atoms with Crippen LogP contribution in [0.25, 0.3) is 111 Å². The van der Waals surface area contributed by atoms with Crippen molar-refractivity contribution in [3.8, 4) is 56.5 Å². The Bertz CT molecular complexity index is 3250. The molecule has 0 bridgehead atoms. The van der Waals surface area contributed by atoms with Crippen LogP contribution in [-0.2, 0) is 0 Å². The number of rotatable bonds is 4. The minimum absolute atomic E-state index is 0.652. The largest absolute Gasteiger partial charge is 0.435 e. The number of benzene rings is 8. The van der Waals surface area contributed by atoms with Crippen molar-refractivity contribution in [1.82, 2.24) is 14.1 Å². The first-order valence-corrected chi connectivity index (χ1v) is 18.1. The molecule has 3 heterocycles. The van der Waals surface area contributed by atoms with Crippen molar-refractivity contribution in [2.45, 2.75) is 0 Å². The summed E-state index contributed by atoms with van der Waals surface area (Å²) >= 11 is 0. The zero-order chi connectivity index (χ0) is 34.6. The first-order valence-electron chi connectivity index (χ1n) is 18.1. The van der Waals surface area contributed by atoms with Gasteiger partial charge in [0.1, 0.15) is 5.69 Å². The highest BCUT2D eigenvalue weighted by Crippen LogP contribution is 2.50. The molecule has 0 aliphatic heterocycles. The number of nitrogens with zero attached hydrogens (tertiary/aromatic N) is 3. The summed E-state index contributed by atoms with van der Waals surface area (Å²) in [6, 6.07) is 63.1. The average Bonchev–Trinajstić information content (AvgIpc) is 3.97. The highest BCUT2D eigenvalue weighted by molar-refractivity contribution is 6.20. The number of oxazole rings is 1. The summed E-state index contributed by atoms with van der Waals surface area (Å²) < 4.78 is 11.3. The van der Waals surface area contributed by atoms with Crippen LogP contribution >= 0.6 is 0 Å². The van der Waals surface area contributed by atoms with Crippen LogP contribution in [0, 0.1) is 0 Å². The maximum Gasteiger partial charge on any atom is 0.227 e. The van der Waals surface area contributed by atoms with Crippen molar-refractivity contribution in [3.63, 3.8) is 0 Å². The summed E-state index contributed by atoms with van der Waals surface area (Å²) in [7, 11) is 0. The van der Waals surface area contributed by atoms with E-state index in [-0.39, 0.29) is 0 Å². The maximum absolute atomic E-state index is 6.49. The van der Waals surface area contributed by atoms with E-state index in [1.807, 2.05) is 30.3 Å². The molecule has 0 fully saturated rings. The van der Waals surface area contributed by atoms with Gasteiger partial charge in [0.25, 0.3) is 0 Å². The minimum Gasteiger partial charge on any atom is -0.435 e. The molecule has 4 nitrogen and oxygen atoms in total. The van der Waals surface area contributed by atoms with Crippen LogP contribution in [0.15, 0.2) is 180 Å². The second-order valence-corrected chi connectivity index (χ2v) is 13.9. The first-order chi connectivity index (χ1) is 26.3. The molecule has 1 aliphatic rings. The van der Waals surface area contributed by atoms with E-state index in [2.05, 4.69) is 155 Å². The number of hydrogen-bond acceptors (Lipinski definition) is 2. The summed E-state index contributed by atoms with van der Waals surface area (Å²) in [5.41, 5.74) is 13.6. The maximum atomic E-state index is 6.49. The van der Waals surface area contributed by atoms with Gasteiger partial charge in [-0.2, -0.15) is 0 Å². The zero-order valence-electron chi connectivity index (χ0n) is 28.5. The number of para-hydroxylation sites is 3. The molecule has 12 rings (SSSR count). The fourth-order valence-corrected chi connectivity index (χ4v) is 8.88. The molecule has 0 amide bonds. The SMILES string of the molecule is c1ccc(-c2nc3c(o2)-c2ccc(-n4c5ccccc5c5c(-c6ccc7c8ccccc8n(-c8ccccc8)c7c6)cccc54)c4cccc-3c24)cc1. The van der Waals surface area contributed by atoms with Gasteiger partial charge >= 0.3 is 0 Å². The molecule has 0 atom stereocenters. The van der Waals surface area contributed by atoms with E-state index in [9.17, 15) is 0 Å². The van der Waals surface area contributed by atoms with Crippen LogP contribution < -0.4 is 0 Å². The molecule has 0 spiro atoms. The van der Waals surface area contributed by atoms with Gasteiger partial charge < -0.3 is 13.6 Å². The summed E-state index contributed by atoms with van der Waals surface area (Å²) in [6.07, 6.45) is 0. The molecule has 0 radical (unpaired) electrons. The van der Waals surface area contributed by atoms with E-state index in [0.29, 0.717) is 5.89 Å². The van der Waals surface area contributed by atoms with Gasteiger partial charge in [-0.25, -0.2) is 4.98 Å². The standard InChI is InChI=1S/C49H29N3O/c1-3-13-30(14-4-1)49-50-47-38-21-11-20-36-42(28-27-39(45(36)38)48(47)53-49)52-41-23-10-8-18-37(41)46-33(19-12-24-43(46)52)31-25-26-35-34-17-7-9-22-40(34)51(44(35)29-31)32-15-5-2-6-16-32/h1-29H. The van der Waals surface area contributed by atoms with Crippen LogP contribution in [0.5, 0.6) is 0 Å². The van der Waals surface area contributed by atoms with Gasteiger partial charge in [0.05, 0.1) is 27.8 Å². The number of hydrogen-bond donors (Lipinski definition) is 0. The second kappa shape index (κ2) is 10.7. The van der Waals surface area contributed by atoms with E-state index in [0.717, 1.165) is 39.5 Å². The molecule has 246 valence electrons. The average molecular weight is 676 g/mol. The van der Waals surface area contributed by atoms with E-state index in [4.69, 9.17) is 9.40 Å². The Hall–Kier alpha value is -7.17. The van der Waals surface area contributed by atoms with Gasteiger partial charge in [-0.15, -0.1) is 0 Å². The quantitative estimate of drug-likeness (QED) is 0.186. The van der Waals surface area contributed by atoms with E-state index in [1.165, 1.54) is 65.5 Å². The van der Waals surface area contributed by atoms with Gasteiger partial charge in [-0.1, -0.05) is 115 Å². The van der Waals surface area contributed by atoms with Gasteiger partial charge in [0.2, 0.25) is 5.89 Å². The monoisotopic (exact) mass is 675 g/mol. The Morgan fingerprint density at radius 2 is 1.06 bits per heavy atom. The number of aromatic nitrogens is 3. The third kappa shape index (κ3) is 3.92. The lowest BCUT2D eigenvalue weighted by Crippen LogP contribution is -1.96. The third-order valence-corrected chi connectivity index (χ3v) is 11.1.